The van der Waals surface area contributed by atoms with Crippen molar-refractivity contribution in [1.82, 2.24) is 10.6 Å². The number of guanidine groups is 1. The Hall–Kier alpha value is -2.31. The maximum atomic E-state index is 10.8. The van der Waals surface area contributed by atoms with Crippen LogP contribution in [0.1, 0.15) is 37.5 Å². The number of aliphatic imine (C=N–C) groups is 1. The largest absolute Gasteiger partial charge is 0.469 e. The zero-order chi connectivity index (χ0) is 19.7. The van der Waals surface area contributed by atoms with E-state index in [9.17, 15) is 5.11 Å². The molecule has 1 aromatic heterocycles. The summed E-state index contributed by atoms with van der Waals surface area (Å²) in [5.74, 6) is 1.61. The van der Waals surface area contributed by atoms with Crippen molar-refractivity contribution in [2.24, 2.45) is 4.99 Å². The second-order valence-corrected chi connectivity index (χ2v) is 7.43. The van der Waals surface area contributed by atoms with Crippen molar-refractivity contribution in [1.29, 1.82) is 0 Å². The quantitative estimate of drug-likeness (QED) is 0.481. The molecule has 0 radical (unpaired) electrons. The highest BCUT2D eigenvalue weighted by Gasteiger charge is 2.23. The van der Waals surface area contributed by atoms with E-state index in [0.717, 1.165) is 37.2 Å². The molecule has 28 heavy (non-hydrogen) atoms. The summed E-state index contributed by atoms with van der Waals surface area (Å²) in [6, 6.07) is 13.5. The third kappa shape index (κ3) is 6.39. The lowest BCUT2D eigenvalue weighted by atomic mass is 9.96. The molecule has 1 fully saturated rings. The molecular weight excluding hydrogens is 354 g/mol. The zero-order valence-electron chi connectivity index (χ0n) is 16.6. The van der Waals surface area contributed by atoms with E-state index in [1.165, 1.54) is 6.42 Å². The Labute approximate surface area is 167 Å². The van der Waals surface area contributed by atoms with Crippen molar-refractivity contribution in [3.63, 3.8) is 0 Å². The van der Waals surface area contributed by atoms with Gasteiger partial charge < -0.3 is 24.9 Å². The van der Waals surface area contributed by atoms with E-state index in [-0.39, 0.29) is 12.6 Å². The van der Waals surface area contributed by atoms with Gasteiger partial charge in [-0.1, -0.05) is 30.3 Å². The van der Waals surface area contributed by atoms with Gasteiger partial charge in [0, 0.05) is 26.1 Å². The van der Waals surface area contributed by atoms with E-state index in [0.29, 0.717) is 19.0 Å². The first kappa shape index (κ1) is 20.4. The van der Waals surface area contributed by atoms with Gasteiger partial charge in [0.15, 0.2) is 5.96 Å². The Morgan fingerprint density at radius 2 is 2.04 bits per heavy atom. The van der Waals surface area contributed by atoms with Gasteiger partial charge >= 0.3 is 0 Å². The molecule has 3 rings (SSSR count). The minimum atomic E-state index is -1.03. The first-order chi connectivity index (χ1) is 13.6. The molecule has 6 heteroatoms. The van der Waals surface area contributed by atoms with Gasteiger partial charge in [-0.05, 0) is 43.9 Å². The number of benzene rings is 1. The van der Waals surface area contributed by atoms with Gasteiger partial charge in [0.2, 0.25) is 0 Å². The van der Waals surface area contributed by atoms with Crippen LogP contribution >= 0.6 is 0 Å². The molecular formula is C22H31N3O3. The van der Waals surface area contributed by atoms with Crippen LogP contribution in [0.25, 0.3) is 0 Å². The van der Waals surface area contributed by atoms with E-state index in [1.54, 1.807) is 13.2 Å². The fourth-order valence-corrected chi connectivity index (χ4v) is 3.23. The maximum Gasteiger partial charge on any atom is 0.191 e. The number of hydrogen-bond donors (Lipinski definition) is 3. The van der Waals surface area contributed by atoms with E-state index >= 15 is 0 Å². The summed E-state index contributed by atoms with van der Waals surface area (Å²) in [6.45, 7) is 4.28. The normalized spacial score (nSPS) is 19.8. The lowest BCUT2D eigenvalue weighted by Crippen LogP contribution is -2.44. The van der Waals surface area contributed by atoms with Gasteiger partial charge in [0.05, 0.1) is 18.9 Å². The second kappa shape index (κ2) is 10.3. The smallest absolute Gasteiger partial charge is 0.191 e. The van der Waals surface area contributed by atoms with Crippen molar-refractivity contribution in [2.75, 3.05) is 26.2 Å². The fraction of sp³-hybridized carbons (Fsp3) is 0.500. The molecule has 1 aromatic carbocycles. The topological polar surface area (TPSA) is 79.0 Å². The van der Waals surface area contributed by atoms with Crippen LogP contribution in [-0.4, -0.2) is 43.4 Å². The molecule has 0 aliphatic carbocycles. The number of hydrogen-bond acceptors (Lipinski definition) is 4. The predicted octanol–water partition coefficient (Wildman–Crippen LogP) is 2.83. The molecule has 2 atom stereocenters. The molecule has 2 aromatic rings. The minimum Gasteiger partial charge on any atom is -0.469 e. The fourth-order valence-electron chi connectivity index (χ4n) is 3.23. The van der Waals surface area contributed by atoms with Crippen molar-refractivity contribution < 1.29 is 14.3 Å². The van der Waals surface area contributed by atoms with Gasteiger partial charge in [0.25, 0.3) is 0 Å². The first-order valence-electron chi connectivity index (χ1n) is 10.1. The Morgan fingerprint density at radius 1 is 1.18 bits per heavy atom. The van der Waals surface area contributed by atoms with Crippen molar-refractivity contribution >= 4 is 5.96 Å². The summed E-state index contributed by atoms with van der Waals surface area (Å²) in [6.07, 6.45) is 6.06. The molecule has 0 bridgehead atoms. The van der Waals surface area contributed by atoms with Crippen LogP contribution in [0.2, 0.25) is 0 Å². The van der Waals surface area contributed by atoms with Crippen LogP contribution in [0.15, 0.2) is 58.1 Å². The minimum absolute atomic E-state index is 0.209. The van der Waals surface area contributed by atoms with E-state index < -0.39 is 5.60 Å². The number of rotatable bonds is 8. The highest BCUT2D eigenvalue weighted by molar-refractivity contribution is 5.79. The predicted molar refractivity (Wildman–Crippen MR) is 110 cm³/mol. The van der Waals surface area contributed by atoms with Crippen molar-refractivity contribution in [3.8, 4) is 0 Å². The summed E-state index contributed by atoms with van der Waals surface area (Å²) < 4.78 is 11.2. The number of nitrogens with zero attached hydrogens (tertiary/aromatic N) is 1. The van der Waals surface area contributed by atoms with Crippen LogP contribution in [0, 0.1) is 0 Å². The Kier molecular flexibility index (Phi) is 7.51. The van der Waals surface area contributed by atoms with Crippen molar-refractivity contribution in [2.45, 2.75) is 44.3 Å². The first-order valence-corrected chi connectivity index (χ1v) is 10.1. The standard InChI is InChI=1S/C22H31N3O3/c1-22(26,18-8-3-2-4-9-18)17-25-21(23-13-12-19-11-7-15-27-19)24-16-20-10-5-6-14-28-20/h2-4,7-9,11,15,20,26H,5-6,10,12-14,16-17H2,1H3,(H2,23,24,25). The van der Waals surface area contributed by atoms with Gasteiger partial charge in [-0.15, -0.1) is 0 Å². The summed E-state index contributed by atoms with van der Waals surface area (Å²) in [5, 5.41) is 17.5. The Balaban J connectivity index is 1.58. The third-order valence-corrected chi connectivity index (χ3v) is 4.96. The van der Waals surface area contributed by atoms with E-state index in [4.69, 9.17) is 9.15 Å². The highest BCUT2D eigenvalue weighted by atomic mass is 16.5. The average Bonchev–Trinajstić information content (AvgIpc) is 3.24. The van der Waals surface area contributed by atoms with Crippen LogP contribution in [0.3, 0.4) is 0 Å². The molecule has 3 N–H and O–H groups in total. The molecule has 2 heterocycles. The molecule has 1 saturated heterocycles. The Morgan fingerprint density at radius 3 is 2.75 bits per heavy atom. The van der Waals surface area contributed by atoms with Gasteiger partial charge in [-0.3, -0.25) is 0 Å². The summed E-state index contributed by atoms with van der Waals surface area (Å²) in [7, 11) is 0. The SMILES string of the molecule is CC(O)(CN=C(NCCc1ccco1)NCC1CCCCO1)c1ccccc1. The molecule has 0 saturated carbocycles. The molecule has 2 unspecified atom stereocenters. The summed E-state index contributed by atoms with van der Waals surface area (Å²) in [5.41, 5.74) is -0.178. The second-order valence-electron chi connectivity index (χ2n) is 7.43. The van der Waals surface area contributed by atoms with Gasteiger partial charge in [-0.25, -0.2) is 4.99 Å². The monoisotopic (exact) mass is 385 g/mol. The molecule has 152 valence electrons. The number of nitrogens with one attached hydrogen (secondary N) is 2. The molecule has 1 aliphatic heterocycles. The summed E-state index contributed by atoms with van der Waals surface area (Å²) in [4.78, 5) is 4.63. The van der Waals surface area contributed by atoms with Gasteiger partial charge in [0.1, 0.15) is 11.4 Å². The molecule has 0 spiro atoms. The number of furan rings is 1. The van der Waals surface area contributed by atoms with Crippen LogP contribution in [-0.2, 0) is 16.8 Å². The lowest BCUT2D eigenvalue weighted by Gasteiger charge is -2.25. The number of aliphatic hydroxyl groups is 1. The molecule has 0 amide bonds. The molecule has 6 nitrogen and oxygen atoms in total. The van der Waals surface area contributed by atoms with Crippen LogP contribution in [0.5, 0.6) is 0 Å². The number of ether oxygens (including phenoxy) is 1. The van der Waals surface area contributed by atoms with E-state index in [1.807, 2.05) is 42.5 Å². The van der Waals surface area contributed by atoms with E-state index in [2.05, 4.69) is 15.6 Å². The average molecular weight is 386 g/mol. The lowest BCUT2D eigenvalue weighted by molar-refractivity contribution is 0.0194. The van der Waals surface area contributed by atoms with Crippen molar-refractivity contribution in [3.05, 3.63) is 60.1 Å². The van der Waals surface area contributed by atoms with Crippen LogP contribution in [0.4, 0.5) is 0 Å². The summed E-state index contributed by atoms with van der Waals surface area (Å²) >= 11 is 0. The highest BCUT2D eigenvalue weighted by Crippen LogP contribution is 2.20. The zero-order valence-corrected chi connectivity index (χ0v) is 16.6. The third-order valence-electron chi connectivity index (χ3n) is 4.96. The molecule has 1 aliphatic rings. The van der Waals surface area contributed by atoms with Gasteiger partial charge in [-0.2, -0.15) is 0 Å². The maximum absolute atomic E-state index is 10.8. The Bertz CT molecular complexity index is 708. The van der Waals surface area contributed by atoms with Crippen LogP contribution < -0.4 is 10.6 Å².